The molecule has 162 valence electrons. The maximum absolute atomic E-state index is 13.2. The molecule has 3 aromatic carbocycles. The van der Waals surface area contributed by atoms with E-state index in [1.165, 1.54) is 23.1 Å². The van der Waals surface area contributed by atoms with Crippen LogP contribution in [-0.4, -0.2) is 25.5 Å². The number of amides is 2. The van der Waals surface area contributed by atoms with Gasteiger partial charge in [-0.15, -0.1) is 0 Å². The Hall–Kier alpha value is -4.13. The van der Waals surface area contributed by atoms with Crippen molar-refractivity contribution in [2.24, 2.45) is 0 Å². The molecule has 4 rings (SSSR count). The highest BCUT2D eigenvalue weighted by atomic mass is 19.1. The zero-order valence-corrected chi connectivity index (χ0v) is 17.4. The second-order valence-electron chi connectivity index (χ2n) is 7.15. The van der Waals surface area contributed by atoms with Gasteiger partial charge in [-0.3, -0.25) is 14.5 Å². The molecule has 0 saturated heterocycles. The predicted octanol–water partition coefficient (Wildman–Crippen LogP) is 3.92. The Morgan fingerprint density at radius 2 is 1.78 bits per heavy atom. The molecule has 6 nitrogen and oxygen atoms in total. The van der Waals surface area contributed by atoms with Crippen LogP contribution in [0, 0.1) is 5.82 Å². The Morgan fingerprint density at radius 3 is 2.50 bits per heavy atom. The minimum Gasteiger partial charge on any atom is -0.497 e. The summed E-state index contributed by atoms with van der Waals surface area (Å²) in [5.41, 5.74) is 2.02. The smallest absolute Gasteiger partial charge is 0.294 e. The van der Waals surface area contributed by atoms with Crippen LogP contribution >= 0.6 is 0 Å². The third kappa shape index (κ3) is 4.78. The van der Waals surface area contributed by atoms with Crippen LogP contribution in [0.2, 0.25) is 0 Å². The summed E-state index contributed by atoms with van der Waals surface area (Å²) in [5.74, 6) is 0.112. The van der Waals surface area contributed by atoms with E-state index >= 15 is 0 Å². The first kappa shape index (κ1) is 21.1. The average molecular weight is 432 g/mol. The van der Waals surface area contributed by atoms with E-state index < -0.39 is 5.91 Å². The zero-order valence-electron chi connectivity index (χ0n) is 17.4. The molecular formula is C25H21FN2O4. The maximum atomic E-state index is 13.2. The topological polar surface area (TPSA) is 67.9 Å². The number of nitrogens with one attached hydrogen (secondary N) is 1. The molecule has 0 atom stereocenters. The molecule has 1 aliphatic heterocycles. The summed E-state index contributed by atoms with van der Waals surface area (Å²) in [5, 5.41) is 2.83. The molecule has 1 heterocycles. The van der Waals surface area contributed by atoms with Gasteiger partial charge < -0.3 is 14.8 Å². The molecule has 0 radical (unpaired) electrons. The van der Waals surface area contributed by atoms with Crippen molar-refractivity contribution >= 4 is 23.6 Å². The van der Waals surface area contributed by atoms with Crippen molar-refractivity contribution in [1.29, 1.82) is 0 Å². The van der Waals surface area contributed by atoms with E-state index in [4.69, 9.17) is 9.47 Å². The number of para-hydroxylation sites is 2. The summed E-state index contributed by atoms with van der Waals surface area (Å²) in [4.78, 5) is 27.1. The Morgan fingerprint density at radius 1 is 1.06 bits per heavy atom. The first-order valence-electron chi connectivity index (χ1n) is 9.99. The summed E-state index contributed by atoms with van der Waals surface area (Å²) in [6.07, 6.45) is 1.53. The van der Waals surface area contributed by atoms with Crippen LogP contribution in [0.15, 0.2) is 78.6 Å². The molecule has 2 amide bonds. The van der Waals surface area contributed by atoms with Gasteiger partial charge >= 0.3 is 0 Å². The molecular weight excluding hydrogens is 411 g/mol. The van der Waals surface area contributed by atoms with Gasteiger partial charge in [0.2, 0.25) is 5.91 Å². The molecule has 0 fully saturated rings. The van der Waals surface area contributed by atoms with Crippen molar-refractivity contribution < 1.29 is 23.5 Å². The van der Waals surface area contributed by atoms with Gasteiger partial charge in [0, 0.05) is 6.54 Å². The second-order valence-corrected chi connectivity index (χ2v) is 7.15. The minimum absolute atomic E-state index is 0.0539. The van der Waals surface area contributed by atoms with Crippen molar-refractivity contribution in [1.82, 2.24) is 5.32 Å². The number of carbonyl (C=O) groups is 2. The average Bonchev–Trinajstić information content (AvgIpc) is 2.82. The number of halogens is 1. The molecule has 1 aliphatic rings. The monoisotopic (exact) mass is 432 g/mol. The van der Waals surface area contributed by atoms with Crippen molar-refractivity contribution in [2.75, 3.05) is 18.6 Å². The number of rotatable bonds is 6. The first-order valence-corrected chi connectivity index (χ1v) is 9.99. The normalized spacial score (nSPS) is 14.0. The van der Waals surface area contributed by atoms with Crippen LogP contribution in [-0.2, 0) is 16.1 Å². The Bertz CT molecular complexity index is 1160. The summed E-state index contributed by atoms with van der Waals surface area (Å²) >= 11 is 0. The molecule has 0 aromatic heterocycles. The minimum atomic E-state index is -0.451. The van der Waals surface area contributed by atoms with Crippen LogP contribution in [0.1, 0.15) is 11.1 Å². The van der Waals surface area contributed by atoms with Gasteiger partial charge in [0.1, 0.15) is 18.1 Å². The molecule has 0 unspecified atom stereocenters. The largest absolute Gasteiger partial charge is 0.497 e. The number of hydrogen-bond acceptors (Lipinski definition) is 4. The van der Waals surface area contributed by atoms with Crippen LogP contribution in [0.25, 0.3) is 6.08 Å². The summed E-state index contributed by atoms with van der Waals surface area (Å²) < 4.78 is 24.1. The van der Waals surface area contributed by atoms with Gasteiger partial charge in [-0.25, -0.2) is 4.39 Å². The Balaban J connectivity index is 1.51. The third-order valence-corrected chi connectivity index (χ3v) is 4.95. The van der Waals surface area contributed by atoms with E-state index in [2.05, 4.69) is 5.32 Å². The van der Waals surface area contributed by atoms with Crippen LogP contribution < -0.4 is 19.7 Å². The maximum Gasteiger partial charge on any atom is 0.294 e. The fourth-order valence-electron chi connectivity index (χ4n) is 3.27. The molecule has 0 spiro atoms. The molecule has 0 saturated carbocycles. The van der Waals surface area contributed by atoms with E-state index in [0.717, 1.165) is 11.3 Å². The second kappa shape index (κ2) is 9.34. The summed E-state index contributed by atoms with van der Waals surface area (Å²) in [7, 11) is 1.59. The van der Waals surface area contributed by atoms with Crippen LogP contribution in [0.5, 0.6) is 11.5 Å². The van der Waals surface area contributed by atoms with Gasteiger partial charge in [-0.1, -0.05) is 36.4 Å². The van der Waals surface area contributed by atoms with Gasteiger partial charge in [0.15, 0.2) is 11.5 Å². The molecule has 0 bridgehead atoms. The number of hydrogen-bond donors (Lipinski definition) is 1. The van der Waals surface area contributed by atoms with E-state index in [9.17, 15) is 14.0 Å². The number of benzene rings is 3. The predicted molar refractivity (Wildman–Crippen MR) is 119 cm³/mol. The van der Waals surface area contributed by atoms with E-state index in [1.54, 1.807) is 43.5 Å². The summed E-state index contributed by atoms with van der Waals surface area (Å²) in [6, 6.07) is 20.0. The third-order valence-electron chi connectivity index (χ3n) is 4.95. The highest BCUT2D eigenvalue weighted by Crippen LogP contribution is 2.35. The number of fused-ring (bicyclic) bond motifs is 1. The van der Waals surface area contributed by atoms with E-state index in [1.807, 2.05) is 24.3 Å². The molecule has 3 aromatic rings. The lowest BCUT2D eigenvalue weighted by atomic mass is 10.1. The number of ether oxygens (including phenoxy) is 2. The molecule has 1 N–H and O–H groups in total. The highest BCUT2D eigenvalue weighted by molar-refractivity contribution is 6.12. The Kier molecular flexibility index (Phi) is 6.17. The molecule has 7 heteroatoms. The van der Waals surface area contributed by atoms with Gasteiger partial charge in [-0.2, -0.15) is 0 Å². The van der Waals surface area contributed by atoms with Crippen molar-refractivity contribution in [3.63, 3.8) is 0 Å². The first-order chi connectivity index (χ1) is 15.5. The standard InChI is InChI=1S/C25H21FN2O4/c1-31-20-12-8-18(9-13-20)15-27-24(29)16-28-21-4-2-3-5-22(21)32-23(25(28)30)14-17-6-10-19(26)11-7-17/h2-14H,15-16H2,1H3,(H,27,29). The van der Waals surface area contributed by atoms with Crippen molar-refractivity contribution in [3.05, 3.63) is 95.5 Å². The number of carbonyl (C=O) groups excluding carboxylic acids is 2. The molecule has 0 aliphatic carbocycles. The SMILES string of the molecule is COc1ccc(CNC(=O)CN2C(=O)C(=Cc3ccc(F)cc3)Oc3ccccc32)cc1. The van der Waals surface area contributed by atoms with Gasteiger partial charge in [-0.05, 0) is 53.6 Å². The lowest BCUT2D eigenvalue weighted by Crippen LogP contribution is -2.44. The number of nitrogens with zero attached hydrogens (tertiary/aromatic N) is 1. The molecule has 32 heavy (non-hydrogen) atoms. The van der Waals surface area contributed by atoms with E-state index in [-0.39, 0.29) is 24.0 Å². The zero-order chi connectivity index (χ0) is 22.5. The van der Waals surface area contributed by atoms with Crippen molar-refractivity contribution in [3.8, 4) is 11.5 Å². The number of methoxy groups -OCH3 is 1. The van der Waals surface area contributed by atoms with Crippen LogP contribution in [0.4, 0.5) is 10.1 Å². The quantitative estimate of drug-likeness (QED) is 0.600. The highest BCUT2D eigenvalue weighted by Gasteiger charge is 2.31. The number of anilines is 1. The lowest BCUT2D eigenvalue weighted by molar-refractivity contribution is -0.123. The fraction of sp³-hybridized carbons (Fsp3) is 0.120. The van der Waals surface area contributed by atoms with Gasteiger partial charge in [0.25, 0.3) is 5.91 Å². The fourth-order valence-corrected chi connectivity index (χ4v) is 3.27. The summed E-state index contributed by atoms with van der Waals surface area (Å²) in [6.45, 7) is 0.150. The Labute approximate surface area is 184 Å². The van der Waals surface area contributed by atoms with E-state index in [0.29, 0.717) is 23.5 Å². The lowest BCUT2D eigenvalue weighted by Gasteiger charge is -2.30. The van der Waals surface area contributed by atoms with Gasteiger partial charge in [0.05, 0.1) is 12.8 Å². The van der Waals surface area contributed by atoms with Crippen LogP contribution in [0.3, 0.4) is 0 Å². The van der Waals surface area contributed by atoms with Crippen molar-refractivity contribution in [2.45, 2.75) is 6.54 Å².